The van der Waals surface area contributed by atoms with Gasteiger partial charge >= 0.3 is 11.6 Å². The summed E-state index contributed by atoms with van der Waals surface area (Å²) in [5, 5.41) is 18.7. The molecule has 5 heteroatoms. The Morgan fingerprint density at radius 2 is 2.12 bits per heavy atom. The van der Waals surface area contributed by atoms with Gasteiger partial charge in [-0.15, -0.1) is 6.42 Å². The van der Waals surface area contributed by atoms with E-state index in [1.165, 1.54) is 18.2 Å². The molecule has 84 valence electrons. The summed E-state index contributed by atoms with van der Waals surface area (Å²) in [4.78, 5) is 22.3. The lowest BCUT2D eigenvalue weighted by Crippen LogP contribution is -2.06. The van der Waals surface area contributed by atoms with Gasteiger partial charge in [0.05, 0.1) is 0 Å². The molecule has 1 heterocycles. The summed E-state index contributed by atoms with van der Waals surface area (Å²) in [6.07, 6.45) is 5.09. The molecule has 0 saturated carbocycles. The third-order valence-electron chi connectivity index (χ3n) is 2.25. The van der Waals surface area contributed by atoms with E-state index in [1.54, 1.807) is 0 Å². The molecule has 0 bridgehead atoms. The molecule has 17 heavy (non-hydrogen) atoms. The number of fused-ring (bicyclic) bond motifs is 1. The average Bonchev–Trinajstić information content (AvgIpc) is 2.27. The normalized spacial score (nSPS) is 10.1. The fraction of sp³-hybridized carbons (Fsp3) is 0. The van der Waals surface area contributed by atoms with Gasteiger partial charge < -0.3 is 14.6 Å². The van der Waals surface area contributed by atoms with Crippen LogP contribution in [0.4, 0.5) is 0 Å². The Kier molecular flexibility index (Phi) is 2.33. The van der Waals surface area contributed by atoms with E-state index in [-0.39, 0.29) is 11.1 Å². The summed E-state index contributed by atoms with van der Waals surface area (Å²) in [6.45, 7) is 0. The first-order valence-corrected chi connectivity index (χ1v) is 4.54. The van der Waals surface area contributed by atoms with E-state index in [0.29, 0.717) is 5.39 Å². The van der Waals surface area contributed by atoms with Gasteiger partial charge in [-0.3, -0.25) is 0 Å². The van der Waals surface area contributed by atoms with E-state index < -0.39 is 22.9 Å². The van der Waals surface area contributed by atoms with E-state index in [4.69, 9.17) is 15.9 Å². The second-order valence-electron chi connectivity index (χ2n) is 3.28. The van der Waals surface area contributed by atoms with E-state index in [2.05, 4.69) is 5.92 Å². The summed E-state index contributed by atoms with van der Waals surface area (Å²) < 4.78 is 4.82. The molecule has 0 aliphatic carbocycles. The fourth-order valence-electron chi connectivity index (χ4n) is 1.48. The van der Waals surface area contributed by atoms with Crippen LogP contribution in [0.1, 0.15) is 15.9 Å². The van der Waals surface area contributed by atoms with Gasteiger partial charge in [-0.25, -0.2) is 9.59 Å². The van der Waals surface area contributed by atoms with Crippen LogP contribution in [0.15, 0.2) is 27.4 Å². The van der Waals surface area contributed by atoms with Crippen molar-refractivity contribution < 1.29 is 19.4 Å². The van der Waals surface area contributed by atoms with Crippen molar-refractivity contribution in [1.29, 1.82) is 0 Å². The highest BCUT2D eigenvalue weighted by molar-refractivity contribution is 6.03. The highest BCUT2D eigenvalue weighted by Crippen LogP contribution is 2.26. The SMILES string of the molecule is C#Cc1cc2ccc(O)c(C(=O)O)c2oc1=O. The van der Waals surface area contributed by atoms with Crippen LogP contribution in [0.2, 0.25) is 0 Å². The number of aromatic carboxylic acids is 1. The molecule has 5 nitrogen and oxygen atoms in total. The number of carbonyl (C=O) groups is 1. The maximum atomic E-state index is 11.4. The zero-order valence-corrected chi connectivity index (χ0v) is 8.43. The Balaban J connectivity index is 2.97. The molecule has 2 rings (SSSR count). The van der Waals surface area contributed by atoms with Crippen molar-refractivity contribution in [2.45, 2.75) is 0 Å². The van der Waals surface area contributed by atoms with Crippen LogP contribution in [0, 0.1) is 12.3 Å². The number of carboxylic acid groups (broad SMARTS) is 1. The van der Waals surface area contributed by atoms with Crippen molar-refractivity contribution in [3.8, 4) is 18.1 Å². The topological polar surface area (TPSA) is 87.7 Å². The van der Waals surface area contributed by atoms with Gasteiger partial charge in [-0.05, 0) is 18.2 Å². The molecule has 0 aliphatic heterocycles. The maximum Gasteiger partial charge on any atom is 0.352 e. The first kappa shape index (κ1) is 10.8. The Morgan fingerprint density at radius 1 is 1.41 bits per heavy atom. The number of benzene rings is 1. The van der Waals surface area contributed by atoms with Gasteiger partial charge in [0.1, 0.15) is 16.9 Å². The second kappa shape index (κ2) is 3.68. The highest BCUT2D eigenvalue weighted by Gasteiger charge is 2.17. The molecule has 0 spiro atoms. The molecule has 0 radical (unpaired) electrons. The summed E-state index contributed by atoms with van der Waals surface area (Å²) in [5.74, 6) is 0.279. The first-order valence-electron chi connectivity index (χ1n) is 4.54. The molecule has 0 aliphatic rings. The third-order valence-corrected chi connectivity index (χ3v) is 2.25. The molecule has 1 aromatic heterocycles. The van der Waals surface area contributed by atoms with Crippen molar-refractivity contribution in [3.05, 3.63) is 39.7 Å². The van der Waals surface area contributed by atoms with Crippen molar-refractivity contribution in [3.63, 3.8) is 0 Å². The third kappa shape index (κ3) is 1.62. The van der Waals surface area contributed by atoms with Gasteiger partial charge in [0.2, 0.25) is 0 Å². The smallest absolute Gasteiger partial charge is 0.352 e. The Labute approximate surface area is 94.9 Å². The van der Waals surface area contributed by atoms with E-state index in [0.717, 1.165) is 0 Å². The zero-order valence-electron chi connectivity index (χ0n) is 8.43. The van der Waals surface area contributed by atoms with E-state index in [9.17, 15) is 14.7 Å². The summed E-state index contributed by atoms with van der Waals surface area (Å²) >= 11 is 0. The number of rotatable bonds is 1. The molecule has 0 amide bonds. The molecular weight excluding hydrogens is 224 g/mol. The largest absolute Gasteiger partial charge is 0.507 e. The Bertz CT molecular complexity index is 718. The molecular formula is C12H6O5. The molecule has 0 unspecified atom stereocenters. The van der Waals surface area contributed by atoms with Crippen molar-refractivity contribution in [1.82, 2.24) is 0 Å². The van der Waals surface area contributed by atoms with Gasteiger partial charge in [0.25, 0.3) is 0 Å². The quantitative estimate of drug-likeness (QED) is 0.567. The van der Waals surface area contributed by atoms with Crippen LogP contribution in [-0.2, 0) is 0 Å². The zero-order chi connectivity index (χ0) is 12.6. The predicted octanol–water partition coefficient (Wildman–Crippen LogP) is 1.18. The fourth-order valence-corrected chi connectivity index (χ4v) is 1.48. The van der Waals surface area contributed by atoms with Gasteiger partial charge in [-0.1, -0.05) is 5.92 Å². The van der Waals surface area contributed by atoms with E-state index in [1.807, 2.05) is 0 Å². The molecule has 0 fully saturated rings. The molecule has 2 aromatic rings. The molecule has 0 saturated heterocycles. The second-order valence-corrected chi connectivity index (χ2v) is 3.28. The molecule has 1 aromatic carbocycles. The van der Waals surface area contributed by atoms with Crippen LogP contribution >= 0.6 is 0 Å². The lowest BCUT2D eigenvalue weighted by molar-refractivity contribution is 0.0694. The van der Waals surface area contributed by atoms with Crippen molar-refractivity contribution in [2.24, 2.45) is 0 Å². The van der Waals surface area contributed by atoms with Crippen molar-refractivity contribution >= 4 is 16.9 Å². The summed E-state index contributed by atoms with van der Waals surface area (Å²) in [6, 6.07) is 3.96. The Morgan fingerprint density at radius 3 is 2.71 bits per heavy atom. The maximum absolute atomic E-state index is 11.4. The van der Waals surface area contributed by atoms with E-state index >= 15 is 0 Å². The minimum Gasteiger partial charge on any atom is -0.507 e. The standard InChI is InChI=1S/C12H6O5/c1-2-6-5-7-3-4-8(13)9(11(14)15)10(7)17-12(6)16/h1,3-5,13H,(H,14,15). The number of phenols is 1. The number of carboxylic acids is 1. The monoisotopic (exact) mass is 230 g/mol. The minimum atomic E-state index is -1.38. The van der Waals surface area contributed by atoms with Gasteiger partial charge in [0, 0.05) is 5.39 Å². The minimum absolute atomic E-state index is 0.000437. The van der Waals surface area contributed by atoms with Crippen molar-refractivity contribution in [2.75, 3.05) is 0 Å². The summed E-state index contributed by atoms with van der Waals surface area (Å²) in [5.41, 5.74) is -1.46. The average molecular weight is 230 g/mol. The van der Waals surface area contributed by atoms with Crippen LogP contribution in [0.3, 0.4) is 0 Å². The lowest BCUT2D eigenvalue weighted by Gasteiger charge is -2.03. The summed E-state index contributed by atoms with van der Waals surface area (Å²) in [7, 11) is 0. The van der Waals surface area contributed by atoms with Crippen LogP contribution < -0.4 is 5.63 Å². The number of terminal acetylenes is 1. The molecule has 0 atom stereocenters. The highest BCUT2D eigenvalue weighted by atomic mass is 16.4. The Hall–Kier alpha value is -2.74. The first-order chi connectivity index (χ1) is 8.04. The lowest BCUT2D eigenvalue weighted by atomic mass is 10.1. The van der Waals surface area contributed by atoms with Crippen LogP contribution in [0.5, 0.6) is 5.75 Å². The number of hydrogen-bond donors (Lipinski definition) is 2. The van der Waals surface area contributed by atoms with Crippen LogP contribution in [0.25, 0.3) is 11.0 Å². The van der Waals surface area contributed by atoms with Crippen LogP contribution in [-0.4, -0.2) is 16.2 Å². The number of aromatic hydroxyl groups is 1. The number of hydrogen-bond acceptors (Lipinski definition) is 4. The molecule has 2 N–H and O–H groups in total. The van der Waals surface area contributed by atoms with Gasteiger partial charge in [0.15, 0.2) is 5.58 Å². The predicted molar refractivity (Wildman–Crippen MR) is 59.0 cm³/mol. The van der Waals surface area contributed by atoms with Gasteiger partial charge in [-0.2, -0.15) is 0 Å².